The highest BCUT2D eigenvalue weighted by Gasteiger charge is 2.09. The number of benzene rings is 5. The topological polar surface area (TPSA) is 0 Å². The molecule has 0 saturated heterocycles. The van der Waals surface area contributed by atoms with Crippen molar-refractivity contribution in [1.82, 2.24) is 0 Å². The van der Waals surface area contributed by atoms with Gasteiger partial charge in [0.2, 0.25) is 0 Å². The standard InChI is InChI=1S/C25H17Br/c1-16-12-18(14-19(26)13-16)17-10-11-24-22-8-3-2-6-20(22)21-7-4-5-9-23(21)25(24)15-17/h2-15H,1H3. The number of aryl methyl sites for hydroxylation is 1. The Morgan fingerprint density at radius 2 is 1.04 bits per heavy atom. The molecule has 0 radical (unpaired) electrons. The van der Waals surface area contributed by atoms with Gasteiger partial charge in [-0.15, -0.1) is 0 Å². The largest absolute Gasteiger partial charge is 0.0616 e. The van der Waals surface area contributed by atoms with Crippen molar-refractivity contribution in [3.8, 4) is 11.1 Å². The second-order valence-electron chi connectivity index (χ2n) is 6.87. The first-order valence-corrected chi connectivity index (χ1v) is 9.61. The lowest BCUT2D eigenvalue weighted by Gasteiger charge is -2.12. The van der Waals surface area contributed by atoms with E-state index in [1.165, 1.54) is 49.0 Å². The molecule has 124 valence electrons. The third kappa shape index (κ3) is 2.43. The molecule has 5 aromatic rings. The van der Waals surface area contributed by atoms with E-state index < -0.39 is 0 Å². The molecule has 5 rings (SSSR count). The summed E-state index contributed by atoms with van der Waals surface area (Å²) in [6.45, 7) is 2.14. The lowest BCUT2D eigenvalue weighted by atomic mass is 9.92. The maximum absolute atomic E-state index is 3.63. The molecule has 0 N–H and O–H groups in total. The predicted octanol–water partition coefficient (Wildman–Crippen LogP) is 7.88. The lowest BCUT2D eigenvalue weighted by Crippen LogP contribution is -1.85. The van der Waals surface area contributed by atoms with Gasteiger partial charge >= 0.3 is 0 Å². The summed E-state index contributed by atoms with van der Waals surface area (Å²) in [5, 5.41) is 7.90. The SMILES string of the molecule is Cc1cc(Br)cc(-c2ccc3c4ccccc4c4ccccc4c3c2)c1. The van der Waals surface area contributed by atoms with Gasteiger partial charge in [-0.1, -0.05) is 82.7 Å². The van der Waals surface area contributed by atoms with E-state index in [1.807, 2.05) is 0 Å². The van der Waals surface area contributed by atoms with Crippen LogP contribution in [-0.2, 0) is 0 Å². The van der Waals surface area contributed by atoms with Crippen molar-refractivity contribution in [2.45, 2.75) is 6.92 Å². The smallest absolute Gasteiger partial charge is 0.0184 e. The summed E-state index contributed by atoms with van der Waals surface area (Å²) < 4.78 is 1.12. The Kier molecular flexibility index (Phi) is 3.58. The molecular formula is C25H17Br. The molecule has 0 bridgehead atoms. The zero-order valence-corrected chi connectivity index (χ0v) is 16.0. The fraction of sp³-hybridized carbons (Fsp3) is 0.0400. The van der Waals surface area contributed by atoms with Crippen LogP contribution in [0, 0.1) is 6.92 Å². The molecule has 0 unspecified atom stereocenters. The first kappa shape index (κ1) is 15.6. The van der Waals surface area contributed by atoms with Crippen LogP contribution in [0.5, 0.6) is 0 Å². The molecule has 26 heavy (non-hydrogen) atoms. The first-order valence-electron chi connectivity index (χ1n) is 8.81. The molecule has 0 heterocycles. The molecule has 0 fully saturated rings. The Morgan fingerprint density at radius 3 is 1.62 bits per heavy atom. The van der Waals surface area contributed by atoms with Crippen molar-refractivity contribution < 1.29 is 0 Å². The Labute approximate surface area is 161 Å². The highest BCUT2D eigenvalue weighted by molar-refractivity contribution is 9.10. The van der Waals surface area contributed by atoms with Crippen molar-refractivity contribution >= 4 is 48.2 Å². The van der Waals surface area contributed by atoms with Crippen LogP contribution >= 0.6 is 15.9 Å². The maximum atomic E-state index is 3.63. The van der Waals surface area contributed by atoms with E-state index in [2.05, 4.69) is 108 Å². The van der Waals surface area contributed by atoms with Gasteiger partial charge in [0.15, 0.2) is 0 Å². The molecule has 0 atom stereocenters. The molecule has 0 saturated carbocycles. The predicted molar refractivity (Wildman–Crippen MR) is 117 cm³/mol. The highest BCUT2D eigenvalue weighted by Crippen LogP contribution is 2.37. The van der Waals surface area contributed by atoms with E-state index >= 15 is 0 Å². The van der Waals surface area contributed by atoms with E-state index in [4.69, 9.17) is 0 Å². The average molecular weight is 397 g/mol. The van der Waals surface area contributed by atoms with Crippen LogP contribution in [0.2, 0.25) is 0 Å². The van der Waals surface area contributed by atoms with Crippen LogP contribution in [-0.4, -0.2) is 0 Å². The summed E-state index contributed by atoms with van der Waals surface area (Å²) in [5.41, 5.74) is 3.76. The normalized spacial score (nSPS) is 11.5. The third-order valence-corrected chi connectivity index (χ3v) is 5.58. The number of hydrogen-bond acceptors (Lipinski definition) is 0. The molecule has 0 spiro atoms. The second-order valence-corrected chi connectivity index (χ2v) is 7.78. The van der Waals surface area contributed by atoms with Gasteiger partial charge in [0.05, 0.1) is 0 Å². The Bertz CT molecular complexity index is 1240. The zero-order chi connectivity index (χ0) is 17.7. The molecule has 1 heteroatoms. The molecule has 0 aliphatic heterocycles. The monoisotopic (exact) mass is 396 g/mol. The fourth-order valence-corrected chi connectivity index (χ4v) is 4.60. The Hall–Kier alpha value is -2.64. The molecule has 0 aliphatic rings. The van der Waals surface area contributed by atoms with Gasteiger partial charge in [0, 0.05) is 4.47 Å². The van der Waals surface area contributed by atoms with Crippen LogP contribution in [0.25, 0.3) is 43.4 Å². The van der Waals surface area contributed by atoms with Gasteiger partial charge in [0.25, 0.3) is 0 Å². The van der Waals surface area contributed by atoms with E-state index in [0.29, 0.717) is 0 Å². The first-order chi connectivity index (χ1) is 12.7. The maximum Gasteiger partial charge on any atom is 0.0184 e. The second kappa shape index (κ2) is 5.96. The van der Waals surface area contributed by atoms with Crippen LogP contribution < -0.4 is 0 Å². The summed E-state index contributed by atoms with van der Waals surface area (Å²) >= 11 is 3.63. The summed E-state index contributed by atoms with van der Waals surface area (Å²) in [5.74, 6) is 0. The number of hydrogen-bond donors (Lipinski definition) is 0. The molecule has 0 aliphatic carbocycles. The van der Waals surface area contributed by atoms with Crippen molar-refractivity contribution in [3.05, 3.63) is 95.0 Å². The van der Waals surface area contributed by atoms with Crippen LogP contribution in [0.1, 0.15) is 5.56 Å². The average Bonchev–Trinajstić information content (AvgIpc) is 2.67. The molecule has 5 aromatic carbocycles. The zero-order valence-electron chi connectivity index (χ0n) is 14.5. The number of rotatable bonds is 1. The van der Waals surface area contributed by atoms with Gasteiger partial charge in [0.1, 0.15) is 0 Å². The van der Waals surface area contributed by atoms with Crippen LogP contribution in [0.4, 0.5) is 0 Å². The highest BCUT2D eigenvalue weighted by atomic mass is 79.9. The van der Waals surface area contributed by atoms with Gasteiger partial charge in [-0.3, -0.25) is 0 Å². The van der Waals surface area contributed by atoms with Crippen molar-refractivity contribution in [3.63, 3.8) is 0 Å². The number of halogens is 1. The molecule has 0 amide bonds. The Morgan fingerprint density at radius 1 is 0.500 bits per heavy atom. The Balaban J connectivity index is 1.92. The van der Waals surface area contributed by atoms with E-state index in [0.717, 1.165) is 4.47 Å². The van der Waals surface area contributed by atoms with E-state index in [1.54, 1.807) is 0 Å². The molecular weight excluding hydrogens is 380 g/mol. The van der Waals surface area contributed by atoms with E-state index in [-0.39, 0.29) is 0 Å². The van der Waals surface area contributed by atoms with Gasteiger partial charge in [-0.05, 0) is 74.1 Å². The van der Waals surface area contributed by atoms with Crippen molar-refractivity contribution in [1.29, 1.82) is 0 Å². The quantitative estimate of drug-likeness (QED) is 0.252. The minimum Gasteiger partial charge on any atom is -0.0616 e. The summed E-state index contributed by atoms with van der Waals surface area (Å²) in [4.78, 5) is 0. The van der Waals surface area contributed by atoms with Gasteiger partial charge in [-0.2, -0.15) is 0 Å². The lowest BCUT2D eigenvalue weighted by molar-refractivity contribution is 1.45. The molecule has 0 nitrogen and oxygen atoms in total. The summed E-state index contributed by atoms with van der Waals surface area (Å²) in [6, 6.07) is 30.9. The van der Waals surface area contributed by atoms with Crippen LogP contribution in [0.3, 0.4) is 0 Å². The molecule has 0 aromatic heterocycles. The summed E-state index contributed by atoms with van der Waals surface area (Å²) in [7, 11) is 0. The van der Waals surface area contributed by atoms with Crippen molar-refractivity contribution in [2.75, 3.05) is 0 Å². The van der Waals surface area contributed by atoms with Crippen LogP contribution in [0.15, 0.2) is 89.4 Å². The van der Waals surface area contributed by atoms with E-state index in [9.17, 15) is 0 Å². The van der Waals surface area contributed by atoms with Gasteiger partial charge < -0.3 is 0 Å². The van der Waals surface area contributed by atoms with Crippen molar-refractivity contribution in [2.24, 2.45) is 0 Å². The number of fused-ring (bicyclic) bond motifs is 6. The van der Waals surface area contributed by atoms with Gasteiger partial charge in [-0.25, -0.2) is 0 Å². The third-order valence-electron chi connectivity index (χ3n) is 5.12. The minimum atomic E-state index is 1.12. The fourth-order valence-electron chi connectivity index (χ4n) is 3.99. The minimum absolute atomic E-state index is 1.12. The summed E-state index contributed by atoms with van der Waals surface area (Å²) in [6.07, 6.45) is 0.